The molecule has 11 nitrogen and oxygen atoms in total. The zero-order valence-corrected chi connectivity index (χ0v) is 25.2. The number of hydrogen-bond donors (Lipinski definition) is 2. The molecule has 2 unspecified atom stereocenters. The van der Waals surface area contributed by atoms with Gasteiger partial charge in [-0.25, -0.2) is 14.8 Å². The molecular weight excluding hydrogens is 548 g/mol. The third kappa shape index (κ3) is 10.0. The summed E-state index contributed by atoms with van der Waals surface area (Å²) in [7, 11) is 0. The number of ether oxygens (including phenoxy) is 2. The van der Waals surface area contributed by atoms with E-state index >= 15 is 0 Å². The molecule has 0 aromatic carbocycles. The van der Waals surface area contributed by atoms with Crippen LogP contribution >= 0.6 is 11.8 Å². The van der Waals surface area contributed by atoms with Crippen molar-refractivity contribution in [2.75, 3.05) is 12.4 Å². The fraction of sp³-hybridized carbons (Fsp3) is 0.655. The van der Waals surface area contributed by atoms with Gasteiger partial charge in [-0.05, 0) is 31.8 Å². The summed E-state index contributed by atoms with van der Waals surface area (Å²) in [5, 5.41) is 5.65. The quantitative estimate of drug-likeness (QED) is 0.223. The van der Waals surface area contributed by atoms with Gasteiger partial charge < -0.3 is 24.5 Å². The molecule has 3 rings (SSSR count). The molecule has 2 aliphatic rings. The van der Waals surface area contributed by atoms with Crippen LogP contribution in [-0.4, -0.2) is 63.8 Å². The molecule has 226 valence electrons. The molecule has 2 aliphatic heterocycles. The first kappa shape index (κ1) is 32.4. The number of unbranched alkanes of at least 4 members (excludes halogenated alkanes) is 4. The smallest absolute Gasteiger partial charge is 0.329 e. The predicted molar refractivity (Wildman–Crippen MR) is 155 cm³/mol. The van der Waals surface area contributed by atoms with E-state index in [1.54, 1.807) is 26.8 Å². The van der Waals surface area contributed by atoms with Crippen molar-refractivity contribution >= 4 is 40.6 Å². The van der Waals surface area contributed by atoms with E-state index in [0.29, 0.717) is 24.3 Å². The standard InChI is InChI=1S/C29H42N4O7S/c1-5-6-7-8-9-13-24(35)41-14-11-10-12-20-15-22(34)30-16-23-31-21(17-38-23)26-33-29(4,18-39-26)28(37)32-25(19(2)3)27(36)40-20/h10,12,17,19-20,25H,5-9,11,13-16,18H2,1-4H3,(H,30,34)(H,32,37)/t20?,25?,29-/m0/s1. The summed E-state index contributed by atoms with van der Waals surface area (Å²) in [6.45, 7) is 7.34. The molecule has 0 fully saturated rings. The molecule has 3 atom stereocenters. The van der Waals surface area contributed by atoms with E-state index in [4.69, 9.17) is 13.9 Å². The van der Waals surface area contributed by atoms with Gasteiger partial charge in [0.2, 0.25) is 17.7 Å². The first-order valence-electron chi connectivity index (χ1n) is 14.4. The molecule has 0 saturated carbocycles. The van der Waals surface area contributed by atoms with Crippen LogP contribution in [0.1, 0.15) is 90.6 Å². The Morgan fingerprint density at radius 2 is 2.00 bits per heavy atom. The lowest BCUT2D eigenvalue weighted by molar-refractivity contribution is -0.153. The minimum Gasteiger partial charge on any atom is -0.473 e. The van der Waals surface area contributed by atoms with E-state index in [9.17, 15) is 19.2 Å². The Balaban J connectivity index is 1.66. The topological polar surface area (TPSA) is 149 Å². The number of aliphatic imine (C=N–C) groups is 1. The van der Waals surface area contributed by atoms with Crippen molar-refractivity contribution in [2.24, 2.45) is 10.9 Å². The monoisotopic (exact) mass is 590 g/mol. The first-order chi connectivity index (χ1) is 19.6. The highest BCUT2D eigenvalue weighted by Gasteiger charge is 2.43. The second kappa shape index (κ2) is 15.7. The predicted octanol–water partition coefficient (Wildman–Crippen LogP) is 3.85. The number of esters is 1. The molecule has 1 aromatic heterocycles. The molecule has 41 heavy (non-hydrogen) atoms. The van der Waals surface area contributed by atoms with Crippen LogP contribution in [-0.2, 0) is 35.2 Å². The maximum atomic E-state index is 13.2. The van der Waals surface area contributed by atoms with Crippen LogP contribution in [0.3, 0.4) is 0 Å². The molecule has 4 bridgehead atoms. The summed E-state index contributed by atoms with van der Waals surface area (Å²) in [5.74, 6) is -0.830. The molecule has 0 radical (unpaired) electrons. The number of allylic oxidation sites excluding steroid dienone is 1. The minimum absolute atomic E-state index is 0.0140. The maximum Gasteiger partial charge on any atom is 0.329 e. The Morgan fingerprint density at radius 3 is 2.76 bits per heavy atom. The molecule has 0 spiro atoms. The molecule has 2 amide bonds. The summed E-state index contributed by atoms with van der Waals surface area (Å²) in [5.41, 5.74) is -0.955. The van der Waals surface area contributed by atoms with Crippen LogP contribution in [0.4, 0.5) is 0 Å². The summed E-state index contributed by atoms with van der Waals surface area (Å²) < 4.78 is 16.8. The van der Waals surface area contributed by atoms with Gasteiger partial charge in [-0.1, -0.05) is 64.3 Å². The van der Waals surface area contributed by atoms with Gasteiger partial charge in [0.05, 0.1) is 13.0 Å². The number of amides is 2. The zero-order chi connectivity index (χ0) is 29.8. The number of cyclic esters (lactones) is 1. The number of nitrogens with zero attached hydrogens (tertiary/aromatic N) is 2. The molecule has 0 aliphatic carbocycles. The van der Waals surface area contributed by atoms with E-state index in [2.05, 4.69) is 27.5 Å². The third-order valence-corrected chi connectivity index (χ3v) is 7.75. The van der Waals surface area contributed by atoms with Gasteiger partial charge in [-0.15, -0.1) is 0 Å². The Kier molecular flexibility index (Phi) is 12.4. The number of nitrogens with one attached hydrogen (secondary N) is 2. The Bertz CT molecular complexity index is 1130. The zero-order valence-electron chi connectivity index (χ0n) is 24.4. The number of fused-ring (bicyclic) bond motifs is 4. The van der Waals surface area contributed by atoms with E-state index in [-0.39, 0.29) is 48.3 Å². The van der Waals surface area contributed by atoms with Crippen LogP contribution in [0.2, 0.25) is 0 Å². The summed E-state index contributed by atoms with van der Waals surface area (Å²) in [6, 6.07) is -0.963. The minimum atomic E-state index is -1.27. The van der Waals surface area contributed by atoms with Gasteiger partial charge in [0.15, 0.2) is 16.3 Å². The molecular formula is C29H42N4O7S. The Hall–Kier alpha value is -3.15. The van der Waals surface area contributed by atoms with Crippen LogP contribution in [0, 0.1) is 5.92 Å². The van der Waals surface area contributed by atoms with Crippen LogP contribution in [0.25, 0.3) is 0 Å². The van der Waals surface area contributed by atoms with Gasteiger partial charge in [0.25, 0.3) is 5.91 Å². The number of aromatic nitrogens is 1. The van der Waals surface area contributed by atoms with Gasteiger partial charge in [-0.3, -0.25) is 14.4 Å². The molecule has 3 heterocycles. The SMILES string of the molecule is CCCCCCCC(=O)SCCC=CC1CC(=O)NCc2nc(co2)C2=N[C@@](C)(CO2)C(=O)NC(C(C)C)C(=O)O1. The number of carbonyl (C=O) groups excluding carboxylic acids is 4. The van der Waals surface area contributed by atoms with E-state index in [0.717, 1.165) is 19.3 Å². The maximum absolute atomic E-state index is 13.2. The van der Waals surface area contributed by atoms with Crippen molar-refractivity contribution in [3.05, 3.63) is 30.0 Å². The lowest BCUT2D eigenvalue weighted by Crippen LogP contribution is -2.53. The second-order valence-corrected chi connectivity index (χ2v) is 12.0. The second-order valence-electron chi connectivity index (χ2n) is 10.9. The van der Waals surface area contributed by atoms with Crippen molar-refractivity contribution in [1.82, 2.24) is 15.6 Å². The van der Waals surface area contributed by atoms with Gasteiger partial charge in [0.1, 0.15) is 25.0 Å². The lowest BCUT2D eigenvalue weighted by Gasteiger charge is -2.26. The van der Waals surface area contributed by atoms with Crippen molar-refractivity contribution in [3.8, 4) is 0 Å². The van der Waals surface area contributed by atoms with Gasteiger partial charge in [-0.2, -0.15) is 0 Å². The van der Waals surface area contributed by atoms with Crippen molar-refractivity contribution in [2.45, 2.75) is 103 Å². The fourth-order valence-corrected chi connectivity index (χ4v) is 5.03. The molecule has 2 N–H and O–H groups in total. The highest BCUT2D eigenvalue weighted by molar-refractivity contribution is 8.13. The Labute approximate surface area is 245 Å². The number of hydrogen-bond acceptors (Lipinski definition) is 10. The van der Waals surface area contributed by atoms with E-state index in [1.807, 2.05) is 6.08 Å². The van der Waals surface area contributed by atoms with Gasteiger partial charge >= 0.3 is 5.97 Å². The van der Waals surface area contributed by atoms with Crippen LogP contribution in [0.15, 0.2) is 27.8 Å². The largest absolute Gasteiger partial charge is 0.473 e. The van der Waals surface area contributed by atoms with Crippen LogP contribution < -0.4 is 10.6 Å². The normalized spacial score (nSPS) is 23.6. The highest BCUT2D eigenvalue weighted by atomic mass is 32.2. The highest BCUT2D eigenvalue weighted by Crippen LogP contribution is 2.23. The van der Waals surface area contributed by atoms with E-state index in [1.165, 1.54) is 30.9 Å². The van der Waals surface area contributed by atoms with Crippen LogP contribution in [0.5, 0.6) is 0 Å². The van der Waals surface area contributed by atoms with Crippen molar-refractivity contribution in [3.63, 3.8) is 0 Å². The van der Waals surface area contributed by atoms with Crippen molar-refractivity contribution < 1.29 is 33.1 Å². The lowest BCUT2D eigenvalue weighted by atomic mass is 10.00. The van der Waals surface area contributed by atoms with Crippen molar-refractivity contribution in [1.29, 1.82) is 0 Å². The number of rotatable bonds is 11. The Morgan fingerprint density at radius 1 is 1.22 bits per heavy atom. The molecule has 1 aromatic rings. The van der Waals surface area contributed by atoms with Gasteiger partial charge in [0, 0.05) is 12.2 Å². The average molecular weight is 591 g/mol. The molecule has 12 heteroatoms. The average Bonchev–Trinajstić information content (AvgIpc) is 3.56. The number of oxazole rings is 1. The van der Waals surface area contributed by atoms with E-state index < -0.39 is 29.6 Å². The number of thioether (sulfide) groups is 1. The first-order valence-corrected chi connectivity index (χ1v) is 15.4. The summed E-state index contributed by atoms with van der Waals surface area (Å²) >= 11 is 1.29. The summed E-state index contributed by atoms with van der Waals surface area (Å²) in [4.78, 5) is 60.0. The third-order valence-electron chi connectivity index (χ3n) is 6.78. The summed E-state index contributed by atoms with van der Waals surface area (Å²) in [6.07, 6.45) is 10.5. The molecule has 0 saturated heterocycles. The number of carbonyl (C=O) groups is 4. The fourth-order valence-electron chi connectivity index (χ4n) is 4.26.